The van der Waals surface area contributed by atoms with E-state index < -0.39 is 12.7 Å². The maximum atomic E-state index is 12.4. The van der Waals surface area contributed by atoms with E-state index in [1.807, 2.05) is 18.7 Å². The van der Waals surface area contributed by atoms with Gasteiger partial charge in [0.1, 0.15) is 18.0 Å². The molecule has 0 radical (unpaired) electrons. The Morgan fingerprint density at radius 1 is 1.19 bits per heavy atom. The van der Waals surface area contributed by atoms with Crippen LogP contribution in [0.1, 0.15) is 25.3 Å². The molecule has 2 rings (SSSR count). The molecule has 1 aliphatic heterocycles. The lowest BCUT2D eigenvalue weighted by Gasteiger charge is -2.36. The monoisotopic (exact) mass is 303 g/mol. The molecule has 0 aliphatic carbocycles. The van der Waals surface area contributed by atoms with Gasteiger partial charge in [-0.1, -0.05) is 13.8 Å². The van der Waals surface area contributed by atoms with Crippen LogP contribution in [0.3, 0.4) is 0 Å². The van der Waals surface area contributed by atoms with Crippen molar-refractivity contribution in [3.05, 3.63) is 11.9 Å². The Hall–Kier alpha value is -1.57. The van der Waals surface area contributed by atoms with Gasteiger partial charge in [-0.2, -0.15) is 13.2 Å². The number of hydrogen-bond acceptors (Lipinski definition) is 5. The van der Waals surface area contributed by atoms with Crippen molar-refractivity contribution in [2.75, 3.05) is 43.4 Å². The number of nitrogen functional groups attached to an aromatic ring is 1. The quantitative estimate of drug-likeness (QED) is 0.924. The molecule has 0 spiro atoms. The Kier molecular flexibility index (Phi) is 4.55. The smallest absolute Gasteiger partial charge is 0.383 e. The molecule has 1 saturated heterocycles. The van der Waals surface area contributed by atoms with Crippen molar-refractivity contribution in [1.29, 1.82) is 0 Å². The normalized spacial score (nSPS) is 17.5. The number of nitrogens with zero attached hydrogens (tertiary/aromatic N) is 4. The van der Waals surface area contributed by atoms with Crippen molar-refractivity contribution in [3.8, 4) is 0 Å². The van der Waals surface area contributed by atoms with E-state index in [4.69, 9.17) is 5.73 Å². The van der Waals surface area contributed by atoms with Gasteiger partial charge in [-0.25, -0.2) is 9.97 Å². The average molecular weight is 303 g/mol. The maximum absolute atomic E-state index is 12.4. The van der Waals surface area contributed by atoms with E-state index in [1.54, 1.807) is 0 Å². The highest BCUT2D eigenvalue weighted by molar-refractivity contribution is 5.58. The SMILES string of the molecule is CC(C)c1c(N)ncnc1N1CCN(CC(F)(F)F)CC1. The predicted octanol–water partition coefficient (Wildman–Crippen LogP) is 1.87. The van der Waals surface area contributed by atoms with E-state index in [9.17, 15) is 13.2 Å². The first-order chi connectivity index (χ1) is 9.78. The number of anilines is 2. The highest BCUT2D eigenvalue weighted by Gasteiger charge is 2.32. The fourth-order valence-corrected chi connectivity index (χ4v) is 2.58. The highest BCUT2D eigenvalue weighted by Crippen LogP contribution is 2.30. The third-order valence-electron chi connectivity index (χ3n) is 3.55. The summed E-state index contributed by atoms with van der Waals surface area (Å²) in [4.78, 5) is 11.7. The third-order valence-corrected chi connectivity index (χ3v) is 3.55. The first kappa shape index (κ1) is 15.8. The van der Waals surface area contributed by atoms with Crippen molar-refractivity contribution in [3.63, 3.8) is 0 Å². The Balaban J connectivity index is 2.08. The number of nitrogens with two attached hydrogens (primary N) is 1. The summed E-state index contributed by atoms with van der Waals surface area (Å²) in [6.45, 7) is 4.88. The Morgan fingerprint density at radius 3 is 2.33 bits per heavy atom. The van der Waals surface area contributed by atoms with Crippen LogP contribution in [0.5, 0.6) is 0 Å². The van der Waals surface area contributed by atoms with E-state index in [0.29, 0.717) is 32.0 Å². The fraction of sp³-hybridized carbons (Fsp3) is 0.692. The summed E-state index contributed by atoms with van der Waals surface area (Å²) in [7, 11) is 0. The fourth-order valence-electron chi connectivity index (χ4n) is 2.58. The summed E-state index contributed by atoms with van der Waals surface area (Å²) in [5.41, 5.74) is 6.77. The van der Waals surface area contributed by atoms with E-state index in [-0.39, 0.29) is 5.92 Å². The molecular formula is C13H20F3N5. The molecule has 5 nitrogen and oxygen atoms in total. The van der Waals surface area contributed by atoms with Crippen LogP contribution in [-0.4, -0.2) is 53.8 Å². The first-order valence-electron chi connectivity index (χ1n) is 6.92. The van der Waals surface area contributed by atoms with Crippen molar-refractivity contribution in [2.24, 2.45) is 0 Å². The zero-order chi connectivity index (χ0) is 15.6. The van der Waals surface area contributed by atoms with Crippen LogP contribution in [-0.2, 0) is 0 Å². The molecule has 21 heavy (non-hydrogen) atoms. The third kappa shape index (κ3) is 3.96. The summed E-state index contributed by atoms with van der Waals surface area (Å²) >= 11 is 0. The first-order valence-corrected chi connectivity index (χ1v) is 6.92. The molecular weight excluding hydrogens is 283 g/mol. The van der Waals surface area contributed by atoms with Gasteiger partial charge in [-0.15, -0.1) is 0 Å². The second-order valence-corrected chi connectivity index (χ2v) is 5.53. The van der Waals surface area contributed by atoms with Crippen molar-refractivity contribution in [2.45, 2.75) is 25.9 Å². The van der Waals surface area contributed by atoms with Gasteiger partial charge in [0.2, 0.25) is 0 Å². The largest absolute Gasteiger partial charge is 0.401 e. The number of alkyl halides is 3. The molecule has 0 saturated carbocycles. The number of hydrogen-bond donors (Lipinski definition) is 1. The molecule has 2 heterocycles. The molecule has 8 heteroatoms. The molecule has 0 atom stereocenters. The topological polar surface area (TPSA) is 58.3 Å². The maximum Gasteiger partial charge on any atom is 0.401 e. The molecule has 2 N–H and O–H groups in total. The van der Waals surface area contributed by atoms with Crippen LogP contribution in [0.15, 0.2) is 6.33 Å². The molecule has 1 aromatic rings. The lowest BCUT2D eigenvalue weighted by atomic mass is 10.0. The zero-order valence-electron chi connectivity index (χ0n) is 12.2. The zero-order valence-corrected chi connectivity index (χ0v) is 12.2. The molecule has 1 aromatic heterocycles. The van der Waals surface area contributed by atoms with Gasteiger partial charge in [-0.3, -0.25) is 4.90 Å². The molecule has 1 fully saturated rings. The van der Waals surface area contributed by atoms with Crippen molar-refractivity contribution < 1.29 is 13.2 Å². The van der Waals surface area contributed by atoms with E-state index in [2.05, 4.69) is 9.97 Å². The molecule has 1 aliphatic rings. The molecule has 0 amide bonds. The summed E-state index contributed by atoms with van der Waals surface area (Å²) in [6.07, 6.45) is -2.75. The van der Waals surface area contributed by atoms with Crippen LogP contribution >= 0.6 is 0 Å². The summed E-state index contributed by atoms with van der Waals surface area (Å²) < 4.78 is 37.2. The number of aromatic nitrogens is 2. The van der Waals surface area contributed by atoms with Crippen molar-refractivity contribution in [1.82, 2.24) is 14.9 Å². The van der Waals surface area contributed by atoms with Crippen molar-refractivity contribution >= 4 is 11.6 Å². The van der Waals surface area contributed by atoms with Gasteiger partial charge in [0.25, 0.3) is 0 Å². The second-order valence-electron chi connectivity index (χ2n) is 5.53. The van der Waals surface area contributed by atoms with Crippen LogP contribution in [0.25, 0.3) is 0 Å². The van der Waals surface area contributed by atoms with Crippen LogP contribution < -0.4 is 10.6 Å². The summed E-state index contributed by atoms with van der Waals surface area (Å²) in [6, 6.07) is 0. The number of rotatable bonds is 3. The minimum Gasteiger partial charge on any atom is -0.383 e. The van der Waals surface area contributed by atoms with E-state index in [0.717, 1.165) is 11.4 Å². The van der Waals surface area contributed by atoms with Gasteiger partial charge in [-0.05, 0) is 5.92 Å². The van der Waals surface area contributed by atoms with Crippen LogP contribution in [0.4, 0.5) is 24.8 Å². The molecule has 118 valence electrons. The lowest BCUT2D eigenvalue weighted by Crippen LogP contribution is -2.49. The number of piperazine rings is 1. The minimum absolute atomic E-state index is 0.161. The summed E-state index contributed by atoms with van der Waals surface area (Å²) in [5.74, 6) is 1.34. The van der Waals surface area contributed by atoms with Gasteiger partial charge in [0.05, 0.1) is 6.54 Å². The van der Waals surface area contributed by atoms with Gasteiger partial charge in [0.15, 0.2) is 0 Å². The summed E-state index contributed by atoms with van der Waals surface area (Å²) in [5, 5.41) is 0. The lowest BCUT2D eigenvalue weighted by molar-refractivity contribution is -0.146. The van der Waals surface area contributed by atoms with Crippen LogP contribution in [0, 0.1) is 0 Å². The average Bonchev–Trinajstić information content (AvgIpc) is 2.37. The predicted molar refractivity (Wildman–Crippen MR) is 75.2 cm³/mol. The van der Waals surface area contributed by atoms with Gasteiger partial charge in [0, 0.05) is 31.7 Å². The Bertz CT molecular complexity index is 481. The Morgan fingerprint density at radius 2 is 1.81 bits per heavy atom. The molecule has 0 aromatic carbocycles. The Labute approximate surface area is 122 Å². The molecule has 0 unspecified atom stereocenters. The minimum atomic E-state index is -4.15. The van der Waals surface area contributed by atoms with Gasteiger partial charge < -0.3 is 10.6 Å². The molecule has 0 bridgehead atoms. The standard InChI is InChI=1S/C13H20F3N5/c1-9(2)10-11(17)18-8-19-12(10)21-5-3-20(4-6-21)7-13(14,15)16/h8-9H,3-7H2,1-2H3,(H2,17,18,19). The van der Waals surface area contributed by atoms with Gasteiger partial charge >= 0.3 is 6.18 Å². The van der Waals surface area contributed by atoms with Crippen LogP contribution in [0.2, 0.25) is 0 Å². The highest BCUT2D eigenvalue weighted by atomic mass is 19.4. The second kappa shape index (κ2) is 6.05. The van der Waals surface area contributed by atoms with E-state index in [1.165, 1.54) is 11.2 Å². The number of halogens is 3. The van der Waals surface area contributed by atoms with E-state index >= 15 is 0 Å².